The number of hydrogen-bond donors (Lipinski definition) is 0. The Balaban J connectivity index is 1.32. The molecule has 5 rings (SSSR count). The smallest absolute Gasteiger partial charge is 0.403 e. The summed E-state index contributed by atoms with van der Waals surface area (Å²) >= 11 is 0. The first-order chi connectivity index (χ1) is 16.2. The van der Waals surface area contributed by atoms with Crippen LogP contribution in [-0.4, -0.2) is 35.7 Å². The average Bonchev–Trinajstić information content (AvgIpc) is 3.21. The zero-order valence-electron chi connectivity index (χ0n) is 22.9. The fourth-order valence-electron chi connectivity index (χ4n) is 9.07. The molecule has 5 nitrogen and oxygen atoms in total. The van der Waals surface area contributed by atoms with Crippen molar-refractivity contribution < 1.29 is 23.7 Å². The minimum atomic E-state index is -0.417. The molecule has 4 saturated carbocycles. The Labute approximate surface area is 212 Å². The monoisotopic (exact) mass is 484 g/mol. The zero-order chi connectivity index (χ0) is 25.6. The van der Waals surface area contributed by atoms with Gasteiger partial charge in [-0.15, -0.1) is 0 Å². The van der Waals surface area contributed by atoms with Gasteiger partial charge in [0.25, 0.3) is 0 Å². The third-order valence-corrected chi connectivity index (χ3v) is 12.1. The Kier molecular flexibility index (Phi) is 6.04. The van der Waals surface area contributed by atoms with E-state index in [-0.39, 0.29) is 47.4 Å². The van der Waals surface area contributed by atoms with E-state index in [0.717, 1.165) is 32.0 Å². The normalized spacial score (nSPS) is 45.2. The summed E-state index contributed by atoms with van der Waals surface area (Å²) in [4.78, 5) is 39.7. The van der Waals surface area contributed by atoms with E-state index in [1.165, 1.54) is 0 Å². The minimum absolute atomic E-state index is 0.00699. The molecule has 0 bridgehead atoms. The first-order valence-corrected chi connectivity index (χ1v) is 14.1. The summed E-state index contributed by atoms with van der Waals surface area (Å²) in [6.45, 7) is 15.1. The molecule has 194 valence electrons. The first-order valence-electron chi connectivity index (χ1n) is 14.1. The van der Waals surface area contributed by atoms with Gasteiger partial charge in [-0.3, -0.25) is 14.4 Å². The van der Waals surface area contributed by atoms with Crippen LogP contribution in [0.3, 0.4) is 0 Å². The fourth-order valence-corrected chi connectivity index (χ4v) is 9.07. The van der Waals surface area contributed by atoms with Crippen molar-refractivity contribution in [3.8, 4) is 0 Å². The molecule has 0 radical (unpaired) electrons. The lowest BCUT2D eigenvalue weighted by Gasteiger charge is -2.58. The van der Waals surface area contributed by atoms with Gasteiger partial charge in [0.2, 0.25) is 0 Å². The number of hydrogen-bond acceptors (Lipinski definition) is 5. The Hall–Kier alpha value is -1.01. The van der Waals surface area contributed by atoms with Crippen molar-refractivity contribution in [3.63, 3.8) is 0 Å². The van der Waals surface area contributed by atoms with E-state index in [1.807, 2.05) is 0 Å². The van der Waals surface area contributed by atoms with Crippen LogP contribution >= 0.6 is 0 Å². The lowest BCUT2D eigenvalue weighted by Crippen LogP contribution is -2.60. The molecule has 1 aliphatic heterocycles. The van der Waals surface area contributed by atoms with E-state index in [9.17, 15) is 14.4 Å². The number of carbonyl (C=O) groups excluding carboxylic acids is 3. The number of carbonyl (C=O) groups is 3. The Morgan fingerprint density at radius 1 is 0.914 bits per heavy atom. The van der Waals surface area contributed by atoms with Crippen LogP contribution in [0.15, 0.2) is 0 Å². The van der Waals surface area contributed by atoms with Gasteiger partial charge in [0.15, 0.2) is 0 Å². The lowest BCUT2D eigenvalue weighted by molar-refractivity contribution is -0.166. The number of ketones is 3. The molecule has 35 heavy (non-hydrogen) atoms. The molecular formula is C29H45BO5. The average molecular weight is 484 g/mol. The molecule has 1 unspecified atom stereocenters. The highest BCUT2D eigenvalue weighted by atomic mass is 16.7. The molecular weight excluding hydrogens is 439 g/mol. The van der Waals surface area contributed by atoms with Crippen LogP contribution in [0.2, 0.25) is 6.32 Å². The molecule has 8 atom stereocenters. The molecule has 1 heterocycles. The van der Waals surface area contributed by atoms with Crippen LogP contribution in [0.1, 0.15) is 99.8 Å². The van der Waals surface area contributed by atoms with Gasteiger partial charge in [0.1, 0.15) is 17.3 Å². The molecule has 0 aromatic carbocycles. The van der Waals surface area contributed by atoms with Gasteiger partial charge < -0.3 is 9.31 Å². The van der Waals surface area contributed by atoms with Crippen molar-refractivity contribution in [1.29, 1.82) is 0 Å². The summed E-state index contributed by atoms with van der Waals surface area (Å²) in [7, 11) is -0.204. The van der Waals surface area contributed by atoms with Crippen LogP contribution in [0, 0.1) is 46.3 Å². The van der Waals surface area contributed by atoms with Crippen molar-refractivity contribution in [1.82, 2.24) is 0 Å². The summed E-state index contributed by atoms with van der Waals surface area (Å²) in [5.74, 6) is 2.07. The molecule has 1 saturated heterocycles. The summed E-state index contributed by atoms with van der Waals surface area (Å²) in [5, 5.41) is 0. The summed E-state index contributed by atoms with van der Waals surface area (Å²) in [6, 6.07) is 0. The maximum atomic E-state index is 14.0. The molecule has 0 aromatic rings. The molecule has 6 heteroatoms. The van der Waals surface area contributed by atoms with E-state index in [1.54, 1.807) is 0 Å². The number of rotatable bonds is 4. The second kappa shape index (κ2) is 8.25. The molecule has 0 N–H and O–H groups in total. The topological polar surface area (TPSA) is 69.7 Å². The van der Waals surface area contributed by atoms with Gasteiger partial charge in [-0.1, -0.05) is 27.2 Å². The van der Waals surface area contributed by atoms with E-state index >= 15 is 0 Å². The van der Waals surface area contributed by atoms with E-state index in [4.69, 9.17) is 9.31 Å². The first kappa shape index (κ1) is 25.6. The predicted molar refractivity (Wildman–Crippen MR) is 136 cm³/mol. The standard InChI is InChI=1S/C29H45BO5/c1-17(11-13-30-34-26(2,3)27(4,5)35-30)20-8-9-21-25-22(16-24(33)29(20,21)7)28(6)12-10-19(31)14-18(28)15-23(25)32/h17-18,20-22,25H,8-16H2,1-7H3/t17-,18+,20-,21+,22?,25+,28+,29-/m1/s1. The molecule has 5 aliphatic rings. The van der Waals surface area contributed by atoms with Crippen molar-refractivity contribution >= 4 is 24.5 Å². The number of Topliss-reactive ketones (excluding diaryl/α,β-unsaturated/α-hetero) is 3. The highest BCUT2D eigenvalue weighted by Crippen LogP contribution is 2.66. The fraction of sp³-hybridized carbons (Fsp3) is 0.897. The summed E-state index contributed by atoms with van der Waals surface area (Å²) in [5.41, 5.74) is -1.11. The van der Waals surface area contributed by atoms with Gasteiger partial charge in [0, 0.05) is 37.0 Å². The van der Waals surface area contributed by atoms with Crippen molar-refractivity contribution in [2.75, 3.05) is 0 Å². The molecule has 4 aliphatic carbocycles. The third-order valence-electron chi connectivity index (χ3n) is 12.1. The summed E-state index contributed by atoms with van der Waals surface area (Å²) in [6.07, 6.45) is 6.82. The minimum Gasteiger partial charge on any atom is -0.403 e. The van der Waals surface area contributed by atoms with Crippen LogP contribution in [0.4, 0.5) is 0 Å². The number of fused-ring (bicyclic) bond motifs is 5. The van der Waals surface area contributed by atoms with Crippen molar-refractivity contribution in [3.05, 3.63) is 0 Å². The van der Waals surface area contributed by atoms with Gasteiger partial charge >= 0.3 is 7.12 Å². The molecule has 0 amide bonds. The SMILES string of the molecule is C[C@H](CCB1OC(C)(C)C(C)(C)O1)[C@H]1CC[C@H]2[C@@H]3C(=O)C[C@@H]4CC(=O)CC[C@]4(C)C3CC(=O)[C@]12C. The van der Waals surface area contributed by atoms with Gasteiger partial charge in [-0.25, -0.2) is 0 Å². The quantitative estimate of drug-likeness (QED) is 0.480. The van der Waals surface area contributed by atoms with Crippen LogP contribution in [0.5, 0.6) is 0 Å². The van der Waals surface area contributed by atoms with Crippen LogP contribution in [0.25, 0.3) is 0 Å². The highest BCUT2D eigenvalue weighted by Gasteiger charge is 2.66. The Morgan fingerprint density at radius 2 is 1.57 bits per heavy atom. The highest BCUT2D eigenvalue weighted by molar-refractivity contribution is 6.45. The van der Waals surface area contributed by atoms with Crippen molar-refractivity contribution in [2.45, 2.75) is 117 Å². The molecule has 0 spiro atoms. The van der Waals surface area contributed by atoms with Crippen molar-refractivity contribution in [2.24, 2.45) is 46.3 Å². The maximum absolute atomic E-state index is 14.0. The van der Waals surface area contributed by atoms with Crippen LogP contribution < -0.4 is 0 Å². The molecule has 0 aromatic heterocycles. The van der Waals surface area contributed by atoms with Gasteiger partial charge in [0.05, 0.1) is 11.2 Å². The Morgan fingerprint density at radius 3 is 2.23 bits per heavy atom. The molecule has 5 fully saturated rings. The van der Waals surface area contributed by atoms with E-state index < -0.39 is 5.41 Å². The largest absolute Gasteiger partial charge is 0.457 e. The van der Waals surface area contributed by atoms with Gasteiger partial charge in [-0.2, -0.15) is 0 Å². The second-order valence-corrected chi connectivity index (χ2v) is 14.2. The Bertz CT molecular complexity index is 910. The maximum Gasteiger partial charge on any atom is 0.457 e. The third kappa shape index (κ3) is 3.75. The van der Waals surface area contributed by atoms with Gasteiger partial charge in [-0.05, 0) is 88.3 Å². The predicted octanol–water partition coefficient (Wildman–Crippen LogP) is 5.69. The van der Waals surface area contributed by atoms with E-state index in [0.29, 0.717) is 54.9 Å². The second-order valence-electron chi connectivity index (χ2n) is 14.2. The zero-order valence-corrected chi connectivity index (χ0v) is 22.9. The van der Waals surface area contributed by atoms with Crippen LogP contribution in [-0.2, 0) is 23.7 Å². The lowest BCUT2D eigenvalue weighted by atomic mass is 9.44. The van der Waals surface area contributed by atoms with E-state index in [2.05, 4.69) is 48.5 Å². The summed E-state index contributed by atoms with van der Waals surface area (Å²) < 4.78 is 12.5.